The Morgan fingerprint density at radius 3 is 2.38 bits per heavy atom. The van der Waals surface area contributed by atoms with Gasteiger partial charge in [-0.25, -0.2) is 0 Å². The van der Waals surface area contributed by atoms with Gasteiger partial charge >= 0.3 is 5.97 Å². The zero-order valence-corrected chi connectivity index (χ0v) is 12.7. The summed E-state index contributed by atoms with van der Waals surface area (Å²) < 4.78 is 0. The van der Waals surface area contributed by atoms with E-state index in [-0.39, 0.29) is 11.2 Å². The van der Waals surface area contributed by atoms with Gasteiger partial charge in [0.15, 0.2) is 0 Å². The van der Waals surface area contributed by atoms with Crippen LogP contribution in [-0.4, -0.2) is 40.9 Å². The Morgan fingerprint density at radius 1 is 1.24 bits per heavy atom. The number of rotatable bonds is 7. The molecule has 0 aromatic heterocycles. The van der Waals surface area contributed by atoms with Crippen LogP contribution in [0.2, 0.25) is 0 Å². The van der Waals surface area contributed by atoms with Gasteiger partial charge in [0.05, 0.1) is 0 Å². The third-order valence-corrected chi connectivity index (χ3v) is 3.68. The average molecular weight is 310 g/mol. The zero-order valence-electron chi connectivity index (χ0n) is 11.9. The van der Waals surface area contributed by atoms with Gasteiger partial charge < -0.3 is 15.7 Å². The minimum Gasteiger partial charge on any atom is -0.480 e. The van der Waals surface area contributed by atoms with E-state index < -0.39 is 18.4 Å². The second-order valence-electron chi connectivity index (χ2n) is 4.45. The molecule has 2 amide bonds. The summed E-state index contributed by atoms with van der Waals surface area (Å²) >= 11 is 1.62. The van der Waals surface area contributed by atoms with E-state index in [1.807, 2.05) is 13.2 Å². The smallest absolute Gasteiger partial charge is 0.322 e. The number of carboxylic acid groups (broad SMARTS) is 1. The van der Waals surface area contributed by atoms with Crippen LogP contribution < -0.4 is 10.6 Å². The number of hydrogen-bond acceptors (Lipinski definition) is 4. The average Bonchev–Trinajstić information content (AvgIpc) is 2.45. The maximum absolute atomic E-state index is 11.7. The molecule has 1 rings (SSSR count). The van der Waals surface area contributed by atoms with Gasteiger partial charge in [-0.3, -0.25) is 14.4 Å². The molecule has 6 nitrogen and oxygen atoms in total. The summed E-state index contributed by atoms with van der Waals surface area (Å²) in [7, 11) is 0. The van der Waals surface area contributed by atoms with Crippen molar-refractivity contribution < 1.29 is 19.5 Å². The molecule has 1 aromatic carbocycles. The number of amides is 2. The largest absolute Gasteiger partial charge is 0.480 e. The highest BCUT2D eigenvalue weighted by atomic mass is 32.2. The van der Waals surface area contributed by atoms with E-state index in [0.717, 1.165) is 0 Å². The SMILES string of the molecule is CSC(C)CC(=O)Nc1ccc(C(=O)NCC(=O)O)cc1. The lowest BCUT2D eigenvalue weighted by Crippen LogP contribution is -2.29. The summed E-state index contributed by atoms with van der Waals surface area (Å²) in [6, 6.07) is 6.28. The number of hydrogen-bond donors (Lipinski definition) is 3. The molecule has 1 aromatic rings. The normalized spacial score (nSPS) is 11.5. The number of nitrogens with one attached hydrogen (secondary N) is 2. The number of carbonyl (C=O) groups is 3. The fourth-order valence-electron chi connectivity index (χ4n) is 1.52. The van der Waals surface area contributed by atoms with Gasteiger partial charge in [0.2, 0.25) is 5.91 Å². The van der Waals surface area contributed by atoms with Gasteiger partial charge in [0, 0.05) is 22.9 Å². The molecule has 7 heteroatoms. The maximum Gasteiger partial charge on any atom is 0.322 e. The highest BCUT2D eigenvalue weighted by Gasteiger charge is 2.10. The van der Waals surface area contributed by atoms with Crippen molar-refractivity contribution in [1.29, 1.82) is 0 Å². The van der Waals surface area contributed by atoms with Crippen LogP contribution in [0.1, 0.15) is 23.7 Å². The third-order valence-electron chi connectivity index (χ3n) is 2.71. The quantitative estimate of drug-likeness (QED) is 0.710. The van der Waals surface area contributed by atoms with Crippen molar-refractivity contribution in [3.05, 3.63) is 29.8 Å². The van der Waals surface area contributed by atoms with E-state index >= 15 is 0 Å². The van der Waals surface area contributed by atoms with E-state index in [9.17, 15) is 14.4 Å². The molecule has 0 fully saturated rings. The van der Waals surface area contributed by atoms with Crippen molar-refractivity contribution in [3.63, 3.8) is 0 Å². The molecule has 0 aliphatic carbocycles. The van der Waals surface area contributed by atoms with E-state index in [1.165, 1.54) is 12.1 Å². The Morgan fingerprint density at radius 2 is 1.86 bits per heavy atom. The van der Waals surface area contributed by atoms with E-state index in [2.05, 4.69) is 10.6 Å². The predicted molar refractivity (Wildman–Crippen MR) is 82.6 cm³/mol. The molecule has 0 spiro atoms. The molecule has 114 valence electrons. The molecule has 1 unspecified atom stereocenters. The molecule has 3 N–H and O–H groups in total. The van der Waals surface area contributed by atoms with Crippen LogP contribution >= 0.6 is 11.8 Å². The zero-order chi connectivity index (χ0) is 15.8. The lowest BCUT2D eigenvalue weighted by molar-refractivity contribution is -0.135. The van der Waals surface area contributed by atoms with Crippen LogP contribution in [0.3, 0.4) is 0 Å². The number of carbonyl (C=O) groups excluding carboxylic acids is 2. The van der Waals surface area contributed by atoms with Crippen LogP contribution in [0.15, 0.2) is 24.3 Å². The molecule has 1 atom stereocenters. The maximum atomic E-state index is 11.7. The lowest BCUT2D eigenvalue weighted by Gasteiger charge is -2.09. The molecule has 21 heavy (non-hydrogen) atoms. The predicted octanol–water partition coefficient (Wildman–Crippen LogP) is 1.58. The van der Waals surface area contributed by atoms with Crippen LogP contribution in [0, 0.1) is 0 Å². The Labute approximate surface area is 127 Å². The highest BCUT2D eigenvalue weighted by Crippen LogP contribution is 2.13. The summed E-state index contributed by atoms with van der Waals surface area (Å²) in [6.07, 6.45) is 2.37. The monoisotopic (exact) mass is 310 g/mol. The summed E-state index contributed by atoms with van der Waals surface area (Å²) in [5.41, 5.74) is 0.940. The summed E-state index contributed by atoms with van der Waals surface area (Å²) in [4.78, 5) is 33.7. The Balaban J connectivity index is 2.55. The summed E-state index contributed by atoms with van der Waals surface area (Å²) in [5.74, 6) is -1.65. The number of thioether (sulfide) groups is 1. The minimum absolute atomic E-state index is 0.0834. The van der Waals surface area contributed by atoms with Gasteiger partial charge in [-0.15, -0.1) is 0 Å². The molecule has 0 saturated heterocycles. The first-order valence-electron chi connectivity index (χ1n) is 6.35. The van der Waals surface area contributed by atoms with Crippen LogP contribution in [0.25, 0.3) is 0 Å². The summed E-state index contributed by atoms with van der Waals surface area (Å²) in [5, 5.41) is 13.7. The van der Waals surface area contributed by atoms with Gasteiger partial charge in [0.25, 0.3) is 5.91 Å². The van der Waals surface area contributed by atoms with Crippen molar-refractivity contribution in [2.45, 2.75) is 18.6 Å². The molecule has 0 bridgehead atoms. The second kappa shape index (κ2) is 8.31. The third kappa shape index (κ3) is 6.31. The van der Waals surface area contributed by atoms with Gasteiger partial charge in [-0.1, -0.05) is 6.92 Å². The van der Waals surface area contributed by atoms with E-state index in [4.69, 9.17) is 5.11 Å². The van der Waals surface area contributed by atoms with E-state index in [1.54, 1.807) is 23.9 Å². The number of aliphatic carboxylic acids is 1. The molecular weight excluding hydrogens is 292 g/mol. The molecule has 0 heterocycles. The lowest BCUT2D eigenvalue weighted by atomic mass is 10.2. The van der Waals surface area contributed by atoms with E-state index in [0.29, 0.717) is 17.7 Å². The van der Waals surface area contributed by atoms with Gasteiger partial charge in [0.1, 0.15) is 6.54 Å². The topological polar surface area (TPSA) is 95.5 Å². The molecule has 0 aliphatic rings. The van der Waals surface area contributed by atoms with Gasteiger partial charge in [-0.2, -0.15) is 11.8 Å². The van der Waals surface area contributed by atoms with Crippen molar-refractivity contribution in [1.82, 2.24) is 5.32 Å². The first-order valence-corrected chi connectivity index (χ1v) is 7.64. The highest BCUT2D eigenvalue weighted by molar-refractivity contribution is 7.99. The standard InChI is InChI=1S/C14H18N2O4S/c1-9(21-2)7-12(17)16-11-5-3-10(4-6-11)14(20)15-8-13(18)19/h3-6,9H,7-8H2,1-2H3,(H,15,20)(H,16,17)(H,18,19). The van der Waals surface area contributed by atoms with Crippen LogP contribution in [0.4, 0.5) is 5.69 Å². The van der Waals surface area contributed by atoms with Crippen molar-refractivity contribution in [2.24, 2.45) is 0 Å². The van der Waals surface area contributed by atoms with Crippen molar-refractivity contribution in [2.75, 3.05) is 18.1 Å². The fourth-order valence-corrected chi connectivity index (χ4v) is 1.84. The molecule has 0 aliphatic heterocycles. The summed E-state index contributed by atoms with van der Waals surface area (Å²) in [6.45, 7) is 1.55. The number of benzene rings is 1. The molecule has 0 saturated carbocycles. The van der Waals surface area contributed by atoms with Crippen molar-refractivity contribution >= 4 is 35.2 Å². The second-order valence-corrected chi connectivity index (χ2v) is 5.73. The first-order chi connectivity index (χ1) is 9.92. The Hall–Kier alpha value is -2.02. The van der Waals surface area contributed by atoms with Crippen LogP contribution in [0.5, 0.6) is 0 Å². The fraction of sp³-hybridized carbons (Fsp3) is 0.357. The van der Waals surface area contributed by atoms with Gasteiger partial charge in [-0.05, 0) is 30.5 Å². The minimum atomic E-state index is -1.10. The van der Waals surface area contributed by atoms with Crippen LogP contribution in [-0.2, 0) is 9.59 Å². The Kier molecular flexibility index (Phi) is 6.74. The number of carboxylic acids is 1. The molecular formula is C14H18N2O4S. The Bertz CT molecular complexity index is 516. The molecule has 0 radical (unpaired) electrons. The number of anilines is 1. The van der Waals surface area contributed by atoms with Crippen molar-refractivity contribution in [3.8, 4) is 0 Å². The first kappa shape index (κ1) is 17.0.